The average molecular weight is 309 g/mol. The number of carbonyl (C=O) groups excluding carboxylic acids is 1. The van der Waals surface area contributed by atoms with Crippen LogP contribution < -0.4 is 5.73 Å². The number of rotatable bonds is 3. The molecule has 6 heteroatoms. The van der Waals surface area contributed by atoms with Gasteiger partial charge in [0.2, 0.25) is 0 Å². The summed E-state index contributed by atoms with van der Waals surface area (Å²) in [6.07, 6.45) is -0.0248. The topological polar surface area (TPSA) is 72.5 Å². The Labute approximate surface area is 106 Å². The number of phenols is 1. The van der Waals surface area contributed by atoms with Crippen LogP contribution in [0.2, 0.25) is 5.02 Å². The van der Waals surface area contributed by atoms with E-state index >= 15 is 0 Å². The van der Waals surface area contributed by atoms with Crippen molar-refractivity contribution in [1.82, 2.24) is 0 Å². The van der Waals surface area contributed by atoms with Gasteiger partial charge in [0.15, 0.2) is 0 Å². The van der Waals surface area contributed by atoms with E-state index in [1.807, 2.05) is 0 Å². The first kappa shape index (κ1) is 13.3. The highest BCUT2D eigenvalue weighted by Crippen LogP contribution is 2.37. The summed E-state index contributed by atoms with van der Waals surface area (Å²) in [4.78, 5) is 11.1. The number of carbonyl (C=O) groups is 1. The summed E-state index contributed by atoms with van der Waals surface area (Å²) >= 11 is 9.00. The van der Waals surface area contributed by atoms with E-state index in [9.17, 15) is 9.90 Å². The van der Waals surface area contributed by atoms with Crippen LogP contribution in [-0.2, 0) is 9.53 Å². The lowest BCUT2D eigenvalue weighted by atomic mass is 10.0. The first-order chi connectivity index (χ1) is 7.47. The molecule has 1 aromatic carbocycles. The fraction of sp³-hybridized carbons (Fsp3) is 0.300. The molecule has 0 amide bonds. The van der Waals surface area contributed by atoms with E-state index in [0.29, 0.717) is 10.0 Å². The van der Waals surface area contributed by atoms with E-state index in [2.05, 4.69) is 20.7 Å². The van der Waals surface area contributed by atoms with Gasteiger partial charge in [-0.1, -0.05) is 27.5 Å². The number of benzene rings is 1. The van der Waals surface area contributed by atoms with Crippen LogP contribution in [-0.4, -0.2) is 18.2 Å². The van der Waals surface area contributed by atoms with Crippen molar-refractivity contribution in [3.05, 3.63) is 27.2 Å². The van der Waals surface area contributed by atoms with Crippen molar-refractivity contribution in [2.45, 2.75) is 12.5 Å². The maximum atomic E-state index is 11.1. The van der Waals surface area contributed by atoms with Gasteiger partial charge in [-0.3, -0.25) is 4.79 Å². The smallest absolute Gasteiger partial charge is 0.307 e. The lowest BCUT2D eigenvalue weighted by molar-refractivity contribution is -0.141. The highest BCUT2D eigenvalue weighted by Gasteiger charge is 2.20. The molecule has 1 aromatic rings. The largest absolute Gasteiger partial charge is 0.506 e. The Morgan fingerprint density at radius 3 is 2.88 bits per heavy atom. The number of hydrogen-bond donors (Lipinski definition) is 2. The number of aromatic hydroxyl groups is 1. The van der Waals surface area contributed by atoms with Crippen LogP contribution >= 0.6 is 27.5 Å². The summed E-state index contributed by atoms with van der Waals surface area (Å²) in [5, 5.41) is 9.93. The number of halogens is 2. The summed E-state index contributed by atoms with van der Waals surface area (Å²) < 4.78 is 5.11. The zero-order valence-electron chi connectivity index (χ0n) is 8.54. The van der Waals surface area contributed by atoms with Crippen LogP contribution in [0.1, 0.15) is 18.0 Å². The maximum Gasteiger partial charge on any atom is 0.307 e. The molecule has 0 aliphatic rings. The molecular weight excluding hydrogens is 297 g/mol. The third-order valence-electron chi connectivity index (χ3n) is 2.10. The van der Waals surface area contributed by atoms with Crippen molar-refractivity contribution in [1.29, 1.82) is 0 Å². The fourth-order valence-corrected chi connectivity index (χ4v) is 2.05. The Bertz CT molecular complexity index is 411. The molecule has 0 spiro atoms. The minimum Gasteiger partial charge on any atom is -0.506 e. The van der Waals surface area contributed by atoms with Crippen molar-refractivity contribution in [2.24, 2.45) is 5.73 Å². The van der Waals surface area contributed by atoms with Gasteiger partial charge in [-0.25, -0.2) is 0 Å². The molecule has 1 atom stereocenters. The highest BCUT2D eigenvalue weighted by atomic mass is 79.9. The normalized spacial score (nSPS) is 12.2. The predicted molar refractivity (Wildman–Crippen MR) is 64.4 cm³/mol. The lowest BCUT2D eigenvalue weighted by Crippen LogP contribution is -2.17. The van der Waals surface area contributed by atoms with E-state index in [4.69, 9.17) is 17.3 Å². The zero-order valence-corrected chi connectivity index (χ0v) is 10.9. The average Bonchev–Trinajstić information content (AvgIpc) is 2.24. The molecule has 1 rings (SSSR count). The minimum atomic E-state index is -0.666. The Balaban J connectivity index is 3.03. The van der Waals surface area contributed by atoms with Crippen LogP contribution in [0.3, 0.4) is 0 Å². The predicted octanol–water partition coefficient (Wildman–Crippen LogP) is 2.37. The summed E-state index contributed by atoms with van der Waals surface area (Å²) in [5.41, 5.74) is 6.19. The Morgan fingerprint density at radius 1 is 1.69 bits per heavy atom. The molecule has 0 aliphatic heterocycles. The molecule has 0 unspecified atom stereocenters. The Hall–Kier alpha value is -0.780. The number of esters is 1. The molecule has 16 heavy (non-hydrogen) atoms. The van der Waals surface area contributed by atoms with Crippen molar-refractivity contribution in [2.75, 3.05) is 7.11 Å². The summed E-state index contributed by atoms with van der Waals surface area (Å²) in [7, 11) is 1.28. The molecule has 0 radical (unpaired) electrons. The molecule has 4 nitrogen and oxygen atoms in total. The van der Waals surface area contributed by atoms with E-state index in [-0.39, 0.29) is 17.2 Å². The van der Waals surface area contributed by atoms with Crippen LogP contribution in [0.5, 0.6) is 5.75 Å². The molecule has 3 N–H and O–H groups in total. The quantitative estimate of drug-likeness (QED) is 0.841. The molecule has 0 aliphatic carbocycles. The monoisotopic (exact) mass is 307 g/mol. The first-order valence-electron chi connectivity index (χ1n) is 4.46. The van der Waals surface area contributed by atoms with E-state index in [0.717, 1.165) is 0 Å². The number of phenolic OH excluding ortho intramolecular Hbond substituents is 1. The van der Waals surface area contributed by atoms with Gasteiger partial charge in [-0.15, -0.1) is 0 Å². The lowest BCUT2D eigenvalue weighted by Gasteiger charge is -2.15. The third kappa shape index (κ3) is 2.87. The third-order valence-corrected chi connectivity index (χ3v) is 3.10. The van der Waals surface area contributed by atoms with Crippen molar-refractivity contribution in [3.8, 4) is 5.75 Å². The van der Waals surface area contributed by atoms with Crippen LogP contribution in [0.25, 0.3) is 0 Å². The van der Waals surface area contributed by atoms with E-state index < -0.39 is 12.0 Å². The molecule has 0 bridgehead atoms. The first-order valence-corrected chi connectivity index (χ1v) is 5.63. The molecule has 0 aromatic heterocycles. The summed E-state index contributed by atoms with van der Waals surface area (Å²) in [6, 6.07) is 2.53. The standard InChI is InChI=1S/C10H11BrClNO3/c1-16-8(14)4-7(13)9-5(11)2-3-6(12)10(9)15/h2-3,7,15H,4,13H2,1H3/t7-/m0/s1. The molecule has 0 heterocycles. The van der Waals surface area contributed by atoms with Crippen molar-refractivity contribution < 1.29 is 14.6 Å². The second-order valence-electron chi connectivity index (χ2n) is 3.18. The Kier molecular flexibility index (Phi) is 4.58. The maximum absolute atomic E-state index is 11.1. The van der Waals surface area contributed by atoms with E-state index in [1.165, 1.54) is 13.2 Å². The van der Waals surface area contributed by atoms with Crippen molar-refractivity contribution in [3.63, 3.8) is 0 Å². The minimum absolute atomic E-state index is 0.0248. The van der Waals surface area contributed by atoms with Gasteiger partial charge in [0.25, 0.3) is 0 Å². The van der Waals surface area contributed by atoms with Crippen LogP contribution in [0, 0.1) is 0 Å². The molecule has 0 fully saturated rings. The van der Waals surface area contributed by atoms with Crippen LogP contribution in [0.4, 0.5) is 0 Å². The number of nitrogens with two attached hydrogens (primary N) is 1. The van der Waals surface area contributed by atoms with Gasteiger partial charge in [0, 0.05) is 16.1 Å². The van der Waals surface area contributed by atoms with Gasteiger partial charge in [0.1, 0.15) is 5.75 Å². The summed E-state index contributed by atoms with van der Waals surface area (Å²) in [6.45, 7) is 0. The van der Waals surface area contributed by atoms with E-state index in [1.54, 1.807) is 6.07 Å². The number of hydrogen-bond acceptors (Lipinski definition) is 4. The molecule has 0 saturated carbocycles. The molecular formula is C10H11BrClNO3. The van der Waals surface area contributed by atoms with Gasteiger partial charge in [0.05, 0.1) is 18.6 Å². The SMILES string of the molecule is COC(=O)C[C@H](N)c1c(Br)ccc(Cl)c1O. The second-order valence-corrected chi connectivity index (χ2v) is 4.44. The van der Waals surface area contributed by atoms with Gasteiger partial charge < -0.3 is 15.6 Å². The second kappa shape index (κ2) is 5.52. The number of ether oxygens (including phenoxy) is 1. The highest BCUT2D eigenvalue weighted by molar-refractivity contribution is 9.10. The van der Waals surface area contributed by atoms with Gasteiger partial charge in [-0.2, -0.15) is 0 Å². The molecule has 88 valence electrons. The fourth-order valence-electron chi connectivity index (χ4n) is 1.27. The zero-order chi connectivity index (χ0) is 12.3. The Morgan fingerprint density at radius 2 is 2.31 bits per heavy atom. The van der Waals surface area contributed by atoms with Crippen molar-refractivity contribution >= 4 is 33.5 Å². The molecule has 0 saturated heterocycles. The van der Waals surface area contributed by atoms with Gasteiger partial charge >= 0.3 is 5.97 Å². The van der Waals surface area contributed by atoms with Crippen LogP contribution in [0.15, 0.2) is 16.6 Å². The summed E-state index contributed by atoms with van der Waals surface area (Å²) in [5.74, 6) is -0.564. The van der Waals surface area contributed by atoms with Gasteiger partial charge in [-0.05, 0) is 12.1 Å². The number of methoxy groups -OCH3 is 1.